The molecule has 1 aromatic heterocycles. The van der Waals surface area contributed by atoms with Crippen LogP contribution < -0.4 is 10.6 Å². The Morgan fingerprint density at radius 2 is 2.07 bits per heavy atom. The Kier molecular flexibility index (Phi) is 9.71. The third kappa shape index (κ3) is 7.10. The van der Waals surface area contributed by atoms with E-state index in [-0.39, 0.29) is 35.8 Å². The van der Waals surface area contributed by atoms with Crippen molar-refractivity contribution in [3.63, 3.8) is 0 Å². The van der Waals surface area contributed by atoms with E-state index in [1.807, 2.05) is 51.2 Å². The van der Waals surface area contributed by atoms with Gasteiger partial charge in [-0.1, -0.05) is 6.07 Å². The molecule has 0 saturated carbocycles. The molecule has 0 spiro atoms. The van der Waals surface area contributed by atoms with Gasteiger partial charge in [-0.05, 0) is 50.7 Å². The molecule has 8 heteroatoms. The normalized spacial score (nSPS) is 12.6. The minimum Gasteiger partial charge on any atom is -0.356 e. The summed E-state index contributed by atoms with van der Waals surface area (Å²) in [6, 6.07) is 5.11. The van der Waals surface area contributed by atoms with Crippen molar-refractivity contribution in [2.45, 2.75) is 19.4 Å². The zero-order chi connectivity index (χ0) is 19.1. The zero-order valence-corrected chi connectivity index (χ0v) is 19.0. The highest BCUT2D eigenvalue weighted by atomic mass is 127. The molecular weight excluding hydrogens is 458 g/mol. The average molecular weight is 488 g/mol. The fourth-order valence-corrected chi connectivity index (χ4v) is 2.88. The van der Waals surface area contributed by atoms with Crippen molar-refractivity contribution in [3.05, 3.63) is 53.1 Å². The molecule has 0 fully saturated rings. The van der Waals surface area contributed by atoms with Gasteiger partial charge in [-0.15, -0.1) is 24.0 Å². The van der Waals surface area contributed by atoms with Gasteiger partial charge in [0.2, 0.25) is 0 Å². The van der Waals surface area contributed by atoms with Crippen LogP contribution in [-0.2, 0) is 13.5 Å². The number of benzene rings is 1. The first kappa shape index (κ1) is 23.4. The quantitative estimate of drug-likeness (QED) is 0.358. The summed E-state index contributed by atoms with van der Waals surface area (Å²) in [5, 5.41) is 10.9. The van der Waals surface area contributed by atoms with Crippen LogP contribution in [0.2, 0.25) is 0 Å². The summed E-state index contributed by atoms with van der Waals surface area (Å²) >= 11 is 0. The Morgan fingerprint density at radius 1 is 1.33 bits per heavy atom. The summed E-state index contributed by atoms with van der Waals surface area (Å²) in [7, 11) is 7.77. The molecule has 6 nitrogen and oxygen atoms in total. The average Bonchev–Trinajstić information content (AvgIpc) is 3.01. The second-order valence-electron chi connectivity index (χ2n) is 6.63. The van der Waals surface area contributed by atoms with Gasteiger partial charge >= 0.3 is 0 Å². The predicted molar refractivity (Wildman–Crippen MR) is 119 cm³/mol. The van der Waals surface area contributed by atoms with E-state index in [0.717, 1.165) is 35.6 Å². The lowest BCUT2D eigenvalue weighted by Crippen LogP contribution is -2.42. The largest absolute Gasteiger partial charge is 0.356 e. The molecule has 1 unspecified atom stereocenters. The second kappa shape index (κ2) is 11.2. The van der Waals surface area contributed by atoms with Crippen LogP contribution in [0.25, 0.3) is 0 Å². The Morgan fingerprint density at radius 3 is 2.63 bits per heavy atom. The first-order chi connectivity index (χ1) is 12.4. The van der Waals surface area contributed by atoms with Crippen molar-refractivity contribution in [1.82, 2.24) is 25.3 Å². The maximum Gasteiger partial charge on any atom is 0.191 e. The number of rotatable bonds is 7. The molecule has 2 aromatic rings. The van der Waals surface area contributed by atoms with Crippen molar-refractivity contribution in [3.8, 4) is 0 Å². The summed E-state index contributed by atoms with van der Waals surface area (Å²) in [5.74, 6) is 0.558. The van der Waals surface area contributed by atoms with Crippen LogP contribution in [0.5, 0.6) is 0 Å². The summed E-state index contributed by atoms with van der Waals surface area (Å²) in [6.07, 6.45) is 4.73. The van der Waals surface area contributed by atoms with Crippen LogP contribution in [0.1, 0.15) is 22.7 Å². The van der Waals surface area contributed by atoms with Gasteiger partial charge in [0, 0.05) is 38.9 Å². The van der Waals surface area contributed by atoms with Gasteiger partial charge in [0.15, 0.2) is 5.96 Å². The Labute approximate surface area is 178 Å². The number of hydrogen-bond acceptors (Lipinski definition) is 3. The number of hydrogen-bond donors (Lipinski definition) is 2. The van der Waals surface area contributed by atoms with Crippen molar-refractivity contribution >= 4 is 29.9 Å². The predicted octanol–water partition coefficient (Wildman–Crippen LogP) is 2.50. The maximum absolute atomic E-state index is 13.2. The van der Waals surface area contributed by atoms with E-state index < -0.39 is 0 Å². The standard InChI is InChI=1S/C19H29FN6.HI/c1-14-10-17(20)7-6-15(14)8-9-22-19(21-2)23-12-18(25(3)4)16-11-24-26(5)13-16;/h6-7,10-11,13,18H,8-9,12H2,1-5H3,(H2,21,22,23);1H. The fourth-order valence-electron chi connectivity index (χ4n) is 2.88. The van der Waals surface area contributed by atoms with Crippen molar-refractivity contribution < 1.29 is 4.39 Å². The number of aliphatic imine (C=N–C) groups is 1. The molecule has 0 bridgehead atoms. The molecule has 1 aromatic carbocycles. The Hall–Kier alpha value is -1.68. The molecule has 150 valence electrons. The van der Waals surface area contributed by atoms with E-state index in [1.54, 1.807) is 13.1 Å². The van der Waals surface area contributed by atoms with Crippen molar-refractivity contribution in [2.24, 2.45) is 12.0 Å². The number of guanidine groups is 1. The molecule has 0 radical (unpaired) electrons. The van der Waals surface area contributed by atoms with Gasteiger partial charge in [-0.3, -0.25) is 9.67 Å². The van der Waals surface area contributed by atoms with Crippen LogP contribution in [0.4, 0.5) is 4.39 Å². The topological polar surface area (TPSA) is 57.5 Å². The molecule has 2 rings (SSSR count). The Balaban J connectivity index is 0.00000364. The van der Waals surface area contributed by atoms with Crippen LogP contribution in [0, 0.1) is 12.7 Å². The number of likely N-dealkylation sites (N-methyl/N-ethyl adjacent to an activating group) is 1. The van der Waals surface area contributed by atoms with Crippen molar-refractivity contribution in [2.75, 3.05) is 34.2 Å². The first-order valence-electron chi connectivity index (χ1n) is 8.75. The van der Waals surface area contributed by atoms with Gasteiger partial charge in [0.05, 0.1) is 12.2 Å². The molecule has 0 amide bonds. The fraction of sp³-hybridized carbons (Fsp3) is 0.474. The number of aromatic nitrogens is 2. The SMILES string of the molecule is CN=C(NCCc1ccc(F)cc1C)NCC(c1cnn(C)c1)N(C)C.I. The van der Waals surface area contributed by atoms with E-state index in [0.29, 0.717) is 6.54 Å². The third-order valence-corrected chi connectivity index (χ3v) is 4.41. The van der Waals surface area contributed by atoms with E-state index in [9.17, 15) is 4.39 Å². The van der Waals surface area contributed by atoms with Crippen LogP contribution in [0.15, 0.2) is 35.6 Å². The molecule has 1 atom stereocenters. The summed E-state index contributed by atoms with van der Waals surface area (Å²) in [6.45, 7) is 3.38. The van der Waals surface area contributed by atoms with Crippen molar-refractivity contribution in [1.29, 1.82) is 0 Å². The van der Waals surface area contributed by atoms with Gasteiger partial charge in [0.1, 0.15) is 5.82 Å². The third-order valence-electron chi connectivity index (χ3n) is 4.41. The molecule has 27 heavy (non-hydrogen) atoms. The Bertz CT molecular complexity index is 744. The highest BCUT2D eigenvalue weighted by molar-refractivity contribution is 14.0. The van der Waals surface area contributed by atoms with Crippen LogP contribution in [-0.4, -0.2) is 54.9 Å². The summed E-state index contributed by atoms with van der Waals surface area (Å²) in [4.78, 5) is 6.43. The van der Waals surface area contributed by atoms with Gasteiger partial charge in [-0.25, -0.2) is 4.39 Å². The van der Waals surface area contributed by atoms with E-state index in [2.05, 4.69) is 25.6 Å². The van der Waals surface area contributed by atoms with Crippen LogP contribution in [0.3, 0.4) is 0 Å². The van der Waals surface area contributed by atoms with Gasteiger partial charge in [0.25, 0.3) is 0 Å². The maximum atomic E-state index is 13.2. The zero-order valence-electron chi connectivity index (χ0n) is 16.7. The van der Waals surface area contributed by atoms with Gasteiger partial charge in [-0.2, -0.15) is 5.10 Å². The summed E-state index contributed by atoms with van der Waals surface area (Å²) < 4.78 is 15.0. The lowest BCUT2D eigenvalue weighted by molar-refractivity contribution is 0.298. The molecule has 0 aliphatic heterocycles. The molecule has 0 saturated heterocycles. The lowest BCUT2D eigenvalue weighted by Gasteiger charge is -2.24. The highest BCUT2D eigenvalue weighted by Crippen LogP contribution is 2.16. The minimum absolute atomic E-state index is 0. The number of nitrogens with one attached hydrogen (secondary N) is 2. The summed E-state index contributed by atoms with van der Waals surface area (Å²) in [5.41, 5.74) is 3.26. The molecule has 0 aliphatic carbocycles. The first-order valence-corrected chi connectivity index (χ1v) is 8.75. The number of aryl methyl sites for hydroxylation is 2. The number of nitrogens with zero attached hydrogens (tertiary/aromatic N) is 4. The van der Waals surface area contributed by atoms with E-state index in [4.69, 9.17) is 0 Å². The monoisotopic (exact) mass is 488 g/mol. The molecular formula is C19H30FIN6. The van der Waals surface area contributed by atoms with Crippen LogP contribution >= 0.6 is 24.0 Å². The van der Waals surface area contributed by atoms with Gasteiger partial charge < -0.3 is 15.5 Å². The van der Waals surface area contributed by atoms with E-state index >= 15 is 0 Å². The number of halogens is 2. The van der Waals surface area contributed by atoms with E-state index in [1.165, 1.54) is 6.07 Å². The molecule has 2 N–H and O–H groups in total. The smallest absolute Gasteiger partial charge is 0.191 e. The molecule has 0 aliphatic rings. The molecule has 1 heterocycles. The second-order valence-corrected chi connectivity index (χ2v) is 6.63. The lowest BCUT2D eigenvalue weighted by atomic mass is 10.1. The minimum atomic E-state index is -0.193. The highest BCUT2D eigenvalue weighted by Gasteiger charge is 2.16.